The molecule has 4 heteroatoms. The third-order valence-electron chi connectivity index (χ3n) is 4.06. The lowest BCUT2D eigenvalue weighted by Gasteiger charge is -2.28. The quantitative estimate of drug-likeness (QED) is 0.862. The van der Waals surface area contributed by atoms with Crippen molar-refractivity contribution in [2.45, 2.75) is 44.4 Å². The van der Waals surface area contributed by atoms with Gasteiger partial charge in [-0.25, -0.2) is 0 Å². The predicted octanol–water partition coefficient (Wildman–Crippen LogP) is 1.95. The number of fused-ring (bicyclic) bond motifs is 1. The molecular formula is C16H24N2O2. The second-order valence-corrected chi connectivity index (χ2v) is 5.84. The number of benzene rings is 1. The minimum atomic E-state index is 0.101. The van der Waals surface area contributed by atoms with E-state index in [0.717, 1.165) is 18.0 Å². The summed E-state index contributed by atoms with van der Waals surface area (Å²) in [5.74, 6) is 1.71. The average Bonchev–Trinajstić information content (AvgIpc) is 2.98. The Morgan fingerprint density at radius 2 is 2.20 bits per heavy atom. The maximum atomic E-state index is 5.95. The van der Waals surface area contributed by atoms with Gasteiger partial charge in [-0.05, 0) is 44.9 Å². The summed E-state index contributed by atoms with van der Waals surface area (Å²) in [6.07, 6.45) is 3.91. The number of rotatable bonds is 5. The van der Waals surface area contributed by atoms with E-state index in [1.54, 1.807) is 0 Å². The Morgan fingerprint density at radius 3 is 3.00 bits per heavy atom. The van der Waals surface area contributed by atoms with Gasteiger partial charge >= 0.3 is 0 Å². The molecule has 1 aromatic rings. The number of hydrogen-bond donors (Lipinski definition) is 2. The molecule has 1 saturated heterocycles. The molecule has 4 nitrogen and oxygen atoms in total. The first-order chi connectivity index (χ1) is 9.81. The molecule has 0 radical (unpaired) electrons. The Morgan fingerprint density at radius 1 is 1.35 bits per heavy atom. The van der Waals surface area contributed by atoms with Crippen LogP contribution in [0, 0.1) is 0 Å². The summed E-state index contributed by atoms with van der Waals surface area (Å²) >= 11 is 0. The lowest BCUT2D eigenvalue weighted by Crippen LogP contribution is -2.43. The summed E-state index contributed by atoms with van der Waals surface area (Å²) in [7, 11) is 0. The topological polar surface area (TPSA) is 42.5 Å². The summed E-state index contributed by atoms with van der Waals surface area (Å²) in [5.41, 5.74) is 0. The molecule has 2 heterocycles. The van der Waals surface area contributed by atoms with Crippen LogP contribution >= 0.6 is 0 Å². The minimum Gasteiger partial charge on any atom is -0.486 e. The zero-order valence-corrected chi connectivity index (χ0v) is 12.1. The third-order valence-corrected chi connectivity index (χ3v) is 4.06. The van der Waals surface area contributed by atoms with E-state index >= 15 is 0 Å². The van der Waals surface area contributed by atoms with Crippen LogP contribution in [0.15, 0.2) is 24.3 Å². The first-order valence-corrected chi connectivity index (χ1v) is 7.66. The number of hydrogen-bond acceptors (Lipinski definition) is 4. The van der Waals surface area contributed by atoms with Gasteiger partial charge in [0.15, 0.2) is 11.5 Å². The van der Waals surface area contributed by atoms with E-state index in [4.69, 9.17) is 9.47 Å². The van der Waals surface area contributed by atoms with Gasteiger partial charge < -0.3 is 20.1 Å². The predicted molar refractivity (Wildman–Crippen MR) is 79.5 cm³/mol. The minimum absolute atomic E-state index is 0.101. The van der Waals surface area contributed by atoms with Crippen molar-refractivity contribution in [1.82, 2.24) is 10.6 Å². The van der Waals surface area contributed by atoms with E-state index in [-0.39, 0.29) is 6.10 Å². The van der Waals surface area contributed by atoms with Crippen LogP contribution in [0.2, 0.25) is 0 Å². The largest absolute Gasteiger partial charge is 0.486 e. The maximum Gasteiger partial charge on any atom is 0.161 e. The normalized spacial score (nSPS) is 26.4. The highest BCUT2D eigenvalue weighted by Gasteiger charge is 2.22. The SMILES string of the molecule is CC(CC1CCCN1)NCC1COc2ccccc2O1. The molecule has 110 valence electrons. The van der Waals surface area contributed by atoms with Crippen molar-refractivity contribution in [2.75, 3.05) is 19.7 Å². The molecule has 1 fully saturated rings. The Labute approximate surface area is 120 Å². The Balaban J connectivity index is 1.43. The van der Waals surface area contributed by atoms with Gasteiger partial charge in [-0.3, -0.25) is 0 Å². The van der Waals surface area contributed by atoms with Gasteiger partial charge in [0.2, 0.25) is 0 Å². The second-order valence-electron chi connectivity index (χ2n) is 5.84. The van der Waals surface area contributed by atoms with E-state index in [1.807, 2.05) is 24.3 Å². The van der Waals surface area contributed by atoms with Gasteiger partial charge in [-0.2, -0.15) is 0 Å². The molecule has 3 rings (SSSR count). The van der Waals surface area contributed by atoms with Crippen LogP contribution < -0.4 is 20.1 Å². The van der Waals surface area contributed by atoms with Gasteiger partial charge in [-0.1, -0.05) is 12.1 Å². The van der Waals surface area contributed by atoms with E-state index < -0.39 is 0 Å². The second kappa shape index (κ2) is 6.46. The molecular weight excluding hydrogens is 252 g/mol. The summed E-state index contributed by atoms with van der Waals surface area (Å²) in [5, 5.41) is 7.11. The fraction of sp³-hybridized carbons (Fsp3) is 0.625. The first kappa shape index (κ1) is 13.7. The number of ether oxygens (including phenoxy) is 2. The molecule has 3 unspecified atom stereocenters. The Kier molecular flexibility index (Phi) is 4.43. The third kappa shape index (κ3) is 3.44. The smallest absolute Gasteiger partial charge is 0.161 e. The highest BCUT2D eigenvalue weighted by atomic mass is 16.6. The van der Waals surface area contributed by atoms with Gasteiger partial charge in [-0.15, -0.1) is 0 Å². The highest BCUT2D eigenvalue weighted by molar-refractivity contribution is 5.40. The Bertz CT molecular complexity index is 432. The van der Waals surface area contributed by atoms with Crippen molar-refractivity contribution < 1.29 is 9.47 Å². The molecule has 2 aliphatic rings. The van der Waals surface area contributed by atoms with Crippen molar-refractivity contribution in [2.24, 2.45) is 0 Å². The van der Waals surface area contributed by atoms with Crippen LogP contribution in [0.4, 0.5) is 0 Å². The molecule has 20 heavy (non-hydrogen) atoms. The van der Waals surface area contributed by atoms with Gasteiger partial charge in [0, 0.05) is 18.6 Å². The van der Waals surface area contributed by atoms with Crippen LogP contribution in [0.25, 0.3) is 0 Å². The van der Waals surface area contributed by atoms with Crippen molar-refractivity contribution in [1.29, 1.82) is 0 Å². The van der Waals surface area contributed by atoms with E-state index in [2.05, 4.69) is 17.6 Å². The zero-order chi connectivity index (χ0) is 13.8. The summed E-state index contributed by atoms with van der Waals surface area (Å²) in [6, 6.07) is 9.05. The summed E-state index contributed by atoms with van der Waals surface area (Å²) < 4.78 is 11.7. The van der Waals surface area contributed by atoms with Crippen molar-refractivity contribution >= 4 is 0 Å². The van der Waals surface area contributed by atoms with Gasteiger partial charge in [0.25, 0.3) is 0 Å². The molecule has 0 bridgehead atoms. The van der Waals surface area contributed by atoms with Crippen LogP contribution in [0.5, 0.6) is 11.5 Å². The Hall–Kier alpha value is -1.26. The van der Waals surface area contributed by atoms with E-state index in [1.165, 1.54) is 25.8 Å². The van der Waals surface area contributed by atoms with Crippen molar-refractivity contribution in [3.8, 4) is 11.5 Å². The van der Waals surface area contributed by atoms with Crippen molar-refractivity contribution in [3.05, 3.63) is 24.3 Å². The lowest BCUT2D eigenvalue weighted by atomic mass is 10.1. The summed E-state index contributed by atoms with van der Waals surface area (Å²) in [4.78, 5) is 0. The molecule has 0 spiro atoms. The molecule has 0 amide bonds. The standard InChI is InChI=1S/C16H24N2O2/c1-12(9-13-5-4-8-17-13)18-10-14-11-19-15-6-2-3-7-16(15)20-14/h2-3,6-7,12-14,17-18H,4-5,8-11H2,1H3. The molecule has 3 atom stereocenters. The van der Waals surface area contributed by atoms with Crippen LogP contribution in [0.1, 0.15) is 26.2 Å². The molecule has 0 saturated carbocycles. The highest BCUT2D eigenvalue weighted by Crippen LogP contribution is 2.30. The molecule has 2 N–H and O–H groups in total. The number of nitrogens with one attached hydrogen (secondary N) is 2. The number of para-hydroxylation sites is 2. The molecule has 1 aromatic carbocycles. The fourth-order valence-electron chi connectivity index (χ4n) is 2.96. The maximum absolute atomic E-state index is 5.95. The molecule has 0 aromatic heterocycles. The lowest BCUT2D eigenvalue weighted by molar-refractivity contribution is 0.0881. The van der Waals surface area contributed by atoms with Crippen LogP contribution in [-0.2, 0) is 0 Å². The van der Waals surface area contributed by atoms with Crippen molar-refractivity contribution in [3.63, 3.8) is 0 Å². The average molecular weight is 276 g/mol. The summed E-state index contributed by atoms with van der Waals surface area (Å²) in [6.45, 7) is 4.88. The van der Waals surface area contributed by atoms with Crippen LogP contribution in [-0.4, -0.2) is 37.9 Å². The van der Waals surface area contributed by atoms with Gasteiger partial charge in [0.05, 0.1) is 0 Å². The molecule has 2 aliphatic heterocycles. The van der Waals surface area contributed by atoms with E-state index in [9.17, 15) is 0 Å². The molecule has 0 aliphatic carbocycles. The fourth-order valence-corrected chi connectivity index (χ4v) is 2.96. The zero-order valence-electron chi connectivity index (χ0n) is 12.1. The van der Waals surface area contributed by atoms with Gasteiger partial charge in [0.1, 0.15) is 12.7 Å². The monoisotopic (exact) mass is 276 g/mol. The van der Waals surface area contributed by atoms with Crippen LogP contribution in [0.3, 0.4) is 0 Å². The first-order valence-electron chi connectivity index (χ1n) is 7.66. The van der Waals surface area contributed by atoms with E-state index in [0.29, 0.717) is 18.7 Å².